The van der Waals surface area contributed by atoms with Gasteiger partial charge in [0, 0.05) is 13.1 Å². The molecule has 1 aromatic carbocycles. The van der Waals surface area contributed by atoms with Crippen molar-refractivity contribution in [3.8, 4) is 0 Å². The van der Waals surface area contributed by atoms with Gasteiger partial charge in [0.25, 0.3) is 0 Å². The molecule has 2 saturated heterocycles. The van der Waals surface area contributed by atoms with Gasteiger partial charge in [0.15, 0.2) is 0 Å². The van der Waals surface area contributed by atoms with Crippen LogP contribution in [0.15, 0.2) is 29.2 Å². The molecule has 3 rings (SSSR count). The van der Waals surface area contributed by atoms with Crippen LogP contribution in [0.2, 0.25) is 0 Å². The van der Waals surface area contributed by atoms with Gasteiger partial charge >= 0.3 is 7.12 Å². The van der Waals surface area contributed by atoms with E-state index in [1.165, 1.54) is 4.31 Å². The fraction of sp³-hybridized carbons (Fsp3) is 0.700. The predicted molar refractivity (Wildman–Crippen MR) is 109 cm³/mol. The van der Waals surface area contributed by atoms with Crippen molar-refractivity contribution in [1.29, 1.82) is 0 Å². The highest BCUT2D eigenvalue weighted by Gasteiger charge is 2.60. The van der Waals surface area contributed by atoms with E-state index in [4.69, 9.17) is 9.31 Å². The Balaban J connectivity index is 1.69. The molecule has 2 aliphatic heterocycles. The van der Waals surface area contributed by atoms with Gasteiger partial charge in [-0.1, -0.05) is 17.7 Å². The van der Waals surface area contributed by atoms with Crippen molar-refractivity contribution in [2.45, 2.75) is 76.0 Å². The monoisotopic (exact) mass is 409 g/mol. The molecular weight excluding hydrogens is 377 g/mol. The normalized spacial score (nSPS) is 25.6. The van der Waals surface area contributed by atoms with Crippen molar-refractivity contribution >= 4 is 17.1 Å². The first-order chi connectivity index (χ1) is 12.8. The van der Waals surface area contributed by atoms with Gasteiger partial charge in [-0.05, 0) is 72.4 Å². The molecule has 2 fully saturated rings. The summed E-state index contributed by atoms with van der Waals surface area (Å²) in [4.78, 5) is 0.314. The van der Waals surface area contributed by atoms with E-state index >= 15 is 0 Å². The number of aryl methyl sites for hydroxylation is 1. The molecule has 156 valence electrons. The molecule has 8 heteroatoms. The lowest BCUT2D eigenvalue weighted by atomic mass is 9.59. The second kappa shape index (κ2) is 7.09. The Morgan fingerprint density at radius 1 is 1.07 bits per heavy atom. The van der Waals surface area contributed by atoms with E-state index in [9.17, 15) is 13.5 Å². The molecule has 1 aromatic rings. The van der Waals surface area contributed by atoms with E-state index in [0.29, 0.717) is 30.8 Å². The van der Waals surface area contributed by atoms with E-state index in [-0.39, 0.29) is 5.92 Å². The topological polar surface area (TPSA) is 76.1 Å². The van der Waals surface area contributed by atoms with Gasteiger partial charge in [-0.15, -0.1) is 0 Å². The summed E-state index contributed by atoms with van der Waals surface area (Å²) in [5.74, 6) is -0.105. The van der Waals surface area contributed by atoms with E-state index in [1.807, 2.05) is 46.8 Å². The summed E-state index contributed by atoms with van der Waals surface area (Å²) >= 11 is 0. The number of rotatable bonds is 4. The summed E-state index contributed by atoms with van der Waals surface area (Å²) in [6, 6.07) is 6.92. The number of benzene rings is 1. The molecule has 2 heterocycles. The highest BCUT2D eigenvalue weighted by atomic mass is 32.2. The van der Waals surface area contributed by atoms with Crippen LogP contribution < -0.4 is 0 Å². The van der Waals surface area contributed by atoms with Gasteiger partial charge in [-0.25, -0.2) is 8.42 Å². The van der Waals surface area contributed by atoms with Crippen LogP contribution in [0.4, 0.5) is 0 Å². The van der Waals surface area contributed by atoms with Gasteiger partial charge in [0.1, 0.15) is 5.50 Å². The zero-order valence-electron chi connectivity index (χ0n) is 17.7. The Morgan fingerprint density at radius 2 is 1.54 bits per heavy atom. The summed E-state index contributed by atoms with van der Waals surface area (Å²) in [6.07, 6.45) is 1.12. The van der Waals surface area contributed by atoms with Gasteiger partial charge in [-0.3, -0.25) is 0 Å². The van der Waals surface area contributed by atoms with Crippen LogP contribution in [0.3, 0.4) is 0 Å². The first-order valence-electron chi connectivity index (χ1n) is 9.92. The molecule has 0 unspecified atom stereocenters. The minimum absolute atomic E-state index is 0.105. The molecule has 0 bridgehead atoms. The SMILES string of the molecule is Cc1ccc(S(=O)(=O)N2CCC([C@@](C)(O)B3OC(C)(C)C(C)(C)O3)CC2)cc1. The van der Waals surface area contributed by atoms with Crippen LogP contribution in [0, 0.1) is 12.8 Å². The zero-order valence-corrected chi connectivity index (χ0v) is 18.5. The van der Waals surface area contributed by atoms with Crippen LogP contribution in [-0.2, 0) is 19.3 Å². The molecule has 28 heavy (non-hydrogen) atoms. The molecule has 0 aromatic heterocycles. The smallest absolute Gasteiger partial charge is 0.401 e. The Bertz CT molecular complexity index is 796. The summed E-state index contributed by atoms with van der Waals surface area (Å²) in [5, 5.41) is 11.2. The van der Waals surface area contributed by atoms with Crippen LogP contribution in [-0.4, -0.2) is 54.7 Å². The number of piperidine rings is 1. The number of hydrogen-bond acceptors (Lipinski definition) is 5. The molecule has 2 aliphatic rings. The van der Waals surface area contributed by atoms with Gasteiger partial charge in [0.05, 0.1) is 16.1 Å². The van der Waals surface area contributed by atoms with Crippen molar-refractivity contribution in [1.82, 2.24) is 4.31 Å². The Morgan fingerprint density at radius 3 is 2.00 bits per heavy atom. The standard InChI is InChI=1S/C20H32BNO5S/c1-15-7-9-17(10-8-15)28(24,25)22-13-11-16(12-14-22)20(6,23)21-26-18(2,3)19(4,5)27-21/h7-10,16,23H,11-14H2,1-6H3/t20-/m1/s1. The number of aliphatic hydroxyl groups is 1. The highest BCUT2D eigenvalue weighted by Crippen LogP contribution is 2.43. The molecule has 0 amide bonds. The molecule has 0 spiro atoms. The average molecular weight is 409 g/mol. The quantitative estimate of drug-likeness (QED) is 0.774. The molecule has 1 atom stereocenters. The maximum Gasteiger partial charge on any atom is 0.492 e. The molecule has 0 saturated carbocycles. The van der Waals surface area contributed by atoms with Crippen molar-refractivity contribution in [3.05, 3.63) is 29.8 Å². The number of nitrogens with zero attached hydrogens (tertiary/aromatic N) is 1. The third kappa shape index (κ3) is 3.77. The van der Waals surface area contributed by atoms with Gasteiger partial charge < -0.3 is 14.4 Å². The van der Waals surface area contributed by atoms with Crippen molar-refractivity contribution in [2.75, 3.05) is 13.1 Å². The molecule has 0 radical (unpaired) electrons. The van der Waals surface area contributed by atoms with Gasteiger partial charge in [-0.2, -0.15) is 4.31 Å². The fourth-order valence-electron chi connectivity index (χ4n) is 3.81. The lowest BCUT2D eigenvalue weighted by molar-refractivity contribution is 0.00578. The Hall–Kier alpha value is -0.925. The molecular formula is C20H32BNO5S. The zero-order chi connectivity index (χ0) is 21.0. The number of hydrogen-bond donors (Lipinski definition) is 1. The van der Waals surface area contributed by atoms with Crippen molar-refractivity contribution in [2.24, 2.45) is 5.92 Å². The van der Waals surface area contributed by atoms with E-state index in [2.05, 4.69) is 0 Å². The third-order valence-electron chi connectivity index (χ3n) is 6.67. The van der Waals surface area contributed by atoms with E-state index < -0.39 is 33.8 Å². The maximum absolute atomic E-state index is 12.9. The maximum atomic E-state index is 12.9. The second-order valence-electron chi connectivity index (χ2n) is 9.31. The van der Waals surface area contributed by atoms with E-state index in [0.717, 1.165) is 5.56 Å². The van der Waals surface area contributed by atoms with Crippen molar-refractivity contribution < 1.29 is 22.8 Å². The summed E-state index contributed by atoms with van der Waals surface area (Å²) in [7, 11) is -4.25. The summed E-state index contributed by atoms with van der Waals surface area (Å²) < 4.78 is 39.4. The Kier molecular flexibility index (Phi) is 5.52. The Labute approximate surface area is 169 Å². The van der Waals surface area contributed by atoms with E-state index in [1.54, 1.807) is 19.1 Å². The van der Waals surface area contributed by atoms with Crippen LogP contribution in [0.5, 0.6) is 0 Å². The first kappa shape index (κ1) is 21.8. The predicted octanol–water partition coefficient (Wildman–Crippen LogP) is 2.78. The molecule has 6 nitrogen and oxygen atoms in total. The fourth-order valence-corrected chi connectivity index (χ4v) is 5.28. The first-order valence-corrected chi connectivity index (χ1v) is 11.4. The average Bonchev–Trinajstić information content (AvgIpc) is 2.84. The summed E-state index contributed by atoms with van der Waals surface area (Å²) in [5.41, 5.74) is -1.20. The summed E-state index contributed by atoms with van der Waals surface area (Å²) in [6.45, 7) is 12.2. The van der Waals surface area contributed by atoms with Crippen LogP contribution in [0.25, 0.3) is 0 Å². The minimum atomic E-state index is -3.51. The van der Waals surface area contributed by atoms with Crippen molar-refractivity contribution in [3.63, 3.8) is 0 Å². The third-order valence-corrected chi connectivity index (χ3v) is 8.58. The molecule has 1 N–H and O–H groups in total. The largest absolute Gasteiger partial charge is 0.492 e. The highest BCUT2D eigenvalue weighted by molar-refractivity contribution is 7.89. The lowest BCUT2D eigenvalue weighted by Crippen LogP contribution is -2.55. The second-order valence-corrected chi connectivity index (χ2v) is 11.2. The molecule has 0 aliphatic carbocycles. The lowest BCUT2D eigenvalue weighted by Gasteiger charge is -2.39. The van der Waals surface area contributed by atoms with Gasteiger partial charge in [0.2, 0.25) is 10.0 Å². The van der Waals surface area contributed by atoms with Crippen LogP contribution in [0.1, 0.15) is 53.0 Å². The number of sulfonamides is 1. The minimum Gasteiger partial charge on any atom is -0.401 e. The van der Waals surface area contributed by atoms with Crippen LogP contribution >= 0.6 is 0 Å².